The second-order valence-corrected chi connectivity index (χ2v) is 4.22. The molecular formula is C12H14F2O2. The van der Waals surface area contributed by atoms with E-state index in [4.69, 9.17) is 4.74 Å². The van der Waals surface area contributed by atoms with E-state index in [1.807, 2.05) is 6.92 Å². The summed E-state index contributed by atoms with van der Waals surface area (Å²) < 4.78 is 32.1. The molecule has 3 unspecified atom stereocenters. The summed E-state index contributed by atoms with van der Waals surface area (Å²) >= 11 is 0. The van der Waals surface area contributed by atoms with Crippen LogP contribution in [0.1, 0.15) is 25.0 Å². The molecule has 0 aliphatic carbocycles. The minimum Gasteiger partial charge on any atom is -0.388 e. The van der Waals surface area contributed by atoms with E-state index in [9.17, 15) is 13.9 Å². The van der Waals surface area contributed by atoms with Gasteiger partial charge in [0.15, 0.2) is 0 Å². The molecule has 0 spiro atoms. The highest BCUT2D eigenvalue weighted by Gasteiger charge is 2.32. The molecule has 1 N–H and O–H groups in total. The molecule has 88 valence electrons. The van der Waals surface area contributed by atoms with Crippen LogP contribution in [0.4, 0.5) is 8.78 Å². The lowest BCUT2D eigenvalue weighted by molar-refractivity contribution is 0.0762. The van der Waals surface area contributed by atoms with Crippen LogP contribution < -0.4 is 0 Å². The van der Waals surface area contributed by atoms with E-state index in [2.05, 4.69) is 0 Å². The standard InChI is InChI=1S/C12H14F2O2/c1-7-5-8(6-16-7)12(15)11-9(13)3-2-4-10(11)14/h2-4,7-8,12,15H,5-6H2,1H3. The average molecular weight is 228 g/mol. The molecule has 0 amide bonds. The third-order valence-corrected chi connectivity index (χ3v) is 2.97. The van der Waals surface area contributed by atoms with Gasteiger partial charge in [0.1, 0.15) is 11.6 Å². The predicted molar refractivity (Wildman–Crippen MR) is 54.8 cm³/mol. The number of ether oxygens (including phenoxy) is 1. The van der Waals surface area contributed by atoms with Gasteiger partial charge < -0.3 is 9.84 Å². The van der Waals surface area contributed by atoms with Gasteiger partial charge in [-0.3, -0.25) is 0 Å². The van der Waals surface area contributed by atoms with Gasteiger partial charge in [-0.25, -0.2) is 8.78 Å². The van der Waals surface area contributed by atoms with Crippen molar-refractivity contribution in [2.45, 2.75) is 25.6 Å². The minimum absolute atomic E-state index is 0.0366. The van der Waals surface area contributed by atoms with E-state index in [0.717, 1.165) is 12.1 Å². The van der Waals surface area contributed by atoms with Crippen LogP contribution in [0.3, 0.4) is 0 Å². The molecule has 1 fully saturated rings. The van der Waals surface area contributed by atoms with Crippen LogP contribution in [-0.2, 0) is 4.74 Å². The smallest absolute Gasteiger partial charge is 0.131 e. The van der Waals surface area contributed by atoms with Crippen molar-refractivity contribution in [2.24, 2.45) is 5.92 Å². The highest BCUT2D eigenvalue weighted by Crippen LogP contribution is 2.33. The Hall–Kier alpha value is -1.00. The molecule has 0 aromatic heterocycles. The summed E-state index contributed by atoms with van der Waals surface area (Å²) in [6, 6.07) is 3.59. The normalized spacial score (nSPS) is 27.0. The van der Waals surface area contributed by atoms with Gasteiger partial charge in [-0.1, -0.05) is 6.07 Å². The summed E-state index contributed by atoms with van der Waals surface area (Å²) in [6.07, 6.45) is -0.477. The third-order valence-electron chi connectivity index (χ3n) is 2.97. The van der Waals surface area contributed by atoms with E-state index >= 15 is 0 Å². The first-order valence-corrected chi connectivity index (χ1v) is 5.33. The zero-order valence-corrected chi connectivity index (χ0v) is 8.99. The van der Waals surface area contributed by atoms with Gasteiger partial charge in [-0.05, 0) is 25.5 Å². The molecule has 2 nitrogen and oxygen atoms in total. The van der Waals surface area contributed by atoms with Gasteiger partial charge >= 0.3 is 0 Å². The second-order valence-electron chi connectivity index (χ2n) is 4.22. The van der Waals surface area contributed by atoms with Crippen molar-refractivity contribution in [1.82, 2.24) is 0 Å². The highest BCUT2D eigenvalue weighted by molar-refractivity contribution is 5.22. The molecule has 0 bridgehead atoms. The average Bonchev–Trinajstić information content (AvgIpc) is 2.64. The van der Waals surface area contributed by atoms with Crippen LogP contribution in [0, 0.1) is 17.6 Å². The maximum Gasteiger partial charge on any atom is 0.131 e. The van der Waals surface area contributed by atoms with Crippen LogP contribution in [0.2, 0.25) is 0 Å². The van der Waals surface area contributed by atoms with Gasteiger partial charge in [0, 0.05) is 5.92 Å². The molecule has 0 saturated carbocycles. The largest absolute Gasteiger partial charge is 0.388 e. The highest BCUT2D eigenvalue weighted by atomic mass is 19.1. The van der Waals surface area contributed by atoms with E-state index in [1.165, 1.54) is 6.07 Å². The summed E-state index contributed by atoms with van der Waals surface area (Å²) in [4.78, 5) is 0. The molecule has 1 aliphatic rings. The maximum atomic E-state index is 13.4. The first-order chi connectivity index (χ1) is 7.59. The van der Waals surface area contributed by atoms with Crippen molar-refractivity contribution >= 4 is 0 Å². The van der Waals surface area contributed by atoms with Gasteiger partial charge in [-0.2, -0.15) is 0 Å². The number of hydrogen-bond donors (Lipinski definition) is 1. The predicted octanol–water partition coefficient (Wildman–Crippen LogP) is 2.42. The summed E-state index contributed by atoms with van der Waals surface area (Å²) in [5, 5.41) is 9.94. The van der Waals surface area contributed by atoms with Crippen LogP contribution in [-0.4, -0.2) is 17.8 Å². The lowest BCUT2D eigenvalue weighted by atomic mass is 9.93. The molecule has 3 atom stereocenters. The molecule has 2 rings (SSSR count). The second kappa shape index (κ2) is 4.47. The number of hydrogen-bond acceptors (Lipinski definition) is 2. The van der Waals surface area contributed by atoms with Crippen molar-refractivity contribution < 1.29 is 18.6 Å². The molecule has 1 aromatic rings. The number of benzene rings is 1. The molecule has 1 heterocycles. The molecule has 16 heavy (non-hydrogen) atoms. The van der Waals surface area contributed by atoms with Crippen LogP contribution in [0.15, 0.2) is 18.2 Å². The van der Waals surface area contributed by atoms with Crippen LogP contribution in [0.5, 0.6) is 0 Å². The Kier molecular flexibility index (Phi) is 3.21. The fourth-order valence-electron chi connectivity index (χ4n) is 2.10. The Morgan fingerprint density at radius 3 is 2.50 bits per heavy atom. The summed E-state index contributed by atoms with van der Waals surface area (Å²) in [7, 11) is 0. The first-order valence-electron chi connectivity index (χ1n) is 5.33. The molecule has 1 saturated heterocycles. The zero-order valence-electron chi connectivity index (χ0n) is 8.99. The topological polar surface area (TPSA) is 29.5 Å². The van der Waals surface area contributed by atoms with E-state index < -0.39 is 17.7 Å². The maximum absolute atomic E-state index is 13.4. The molecule has 1 aromatic carbocycles. The SMILES string of the molecule is CC1CC(C(O)c2c(F)cccc2F)CO1. The third kappa shape index (κ3) is 2.08. The van der Waals surface area contributed by atoms with Crippen LogP contribution >= 0.6 is 0 Å². The van der Waals surface area contributed by atoms with Crippen molar-refractivity contribution in [3.63, 3.8) is 0 Å². The Morgan fingerprint density at radius 1 is 1.38 bits per heavy atom. The van der Waals surface area contributed by atoms with E-state index in [0.29, 0.717) is 13.0 Å². The van der Waals surface area contributed by atoms with Gasteiger partial charge in [-0.15, -0.1) is 0 Å². The Balaban J connectivity index is 2.23. The van der Waals surface area contributed by atoms with Crippen LogP contribution in [0.25, 0.3) is 0 Å². The van der Waals surface area contributed by atoms with Crippen molar-refractivity contribution in [1.29, 1.82) is 0 Å². The number of rotatable bonds is 2. The number of aliphatic hydroxyl groups excluding tert-OH is 1. The summed E-state index contributed by atoms with van der Waals surface area (Å²) in [6.45, 7) is 2.22. The number of halogens is 2. The van der Waals surface area contributed by atoms with Crippen molar-refractivity contribution in [3.05, 3.63) is 35.4 Å². The molecule has 4 heteroatoms. The van der Waals surface area contributed by atoms with Gasteiger partial charge in [0.2, 0.25) is 0 Å². The lowest BCUT2D eigenvalue weighted by Gasteiger charge is -2.18. The van der Waals surface area contributed by atoms with E-state index in [1.54, 1.807) is 0 Å². The van der Waals surface area contributed by atoms with Gasteiger partial charge in [0.25, 0.3) is 0 Å². The fraction of sp³-hybridized carbons (Fsp3) is 0.500. The molecule has 1 aliphatic heterocycles. The first kappa shape index (κ1) is 11.5. The Bertz CT molecular complexity index is 361. The number of aliphatic hydroxyl groups is 1. The van der Waals surface area contributed by atoms with Crippen molar-refractivity contribution in [3.8, 4) is 0 Å². The molecular weight excluding hydrogens is 214 g/mol. The minimum atomic E-state index is -1.13. The zero-order chi connectivity index (χ0) is 11.7. The monoisotopic (exact) mass is 228 g/mol. The molecule has 0 radical (unpaired) electrons. The Morgan fingerprint density at radius 2 is 2.00 bits per heavy atom. The van der Waals surface area contributed by atoms with E-state index in [-0.39, 0.29) is 17.6 Å². The van der Waals surface area contributed by atoms with Gasteiger partial charge in [0.05, 0.1) is 24.4 Å². The lowest BCUT2D eigenvalue weighted by Crippen LogP contribution is -2.15. The Labute approximate surface area is 92.9 Å². The summed E-state index contributed by atoms with van der Waals surface area (Å²) in [5.74, 6) is -1.64. The quantitative estimate of drug-likeness (QED) is 0.842. The summed E-state index contributed by atoms with van der Waals surface area (Å²) in [5.41, 5.74) is -0.245. The fourth-order valence-corrected chi connectivity index (χ4v) is 2.10. The van der Waals surface area contributed by atoms with Crippen molar-refractivity contribution in [2.75, 3.05) is 6.61 Å².